The molecule has 0 aliphatic heterocycles. The van der Waals surface area contributed by atoms with E-state index in [9.17, 15) is 9.18 Å². The average Bonchev–Trinajstić information content (AvgIpc) is 3.30. The summed E-state index contributed by atoms with van der Waals surface area (Å²) in [6.45, 7) is 1.95. The highest BCUT2D eigenvalue weighted by Gasteiger charge is 2.24. The van der Waals surface area contributed by atoms with Crippen LogP contribution in [-0.2, 0) is 0 Å². The topological polar surface area (TPSA) is 88.5 Å². The van der Waals surface area contributed by atoms with Crippen molar-refractivity contribution in [2.75, 3.05) is 5.32 Å². The summed E-state index contributed by atoms with van der Waals surface area (Å²) in [6.07, 6.45) is 3.48. The normalized spacial score (nSPS) is 12.4. The lowest BCUT2D eigenvalue weighted by atomic mass is 10.0. The molecule has 0 fully saturated rings. The minimum absolute atomic E-state index is 0.0363. The smallest absolute Gasteiger partial charge is 0.264 e. The molecule has 0 amide bonds. The number of hydrogen-bond donors (Lipinski definition) is 2. The Morgan fingerprint density at radius 2 is 1.88 bits per heavy atom. The van der Waals surface area contributed by atoms with Crippen molar-refractivity contribution in [1.82, 2.24) is 24.5 Å². The zero-order valence-corrected chi connectivity index (χ0v) is 19.9. The van der Waals surface area contributed by atoms with Crippen molar-refractivity contribution in [1.29, 1.82) is 0 Å². The van der Waals surface area contributed by atoms with Crippen LogP contribution in [0.2, 0.25) is 15.1 Å². The molecule has 172 valence electrons. The number of nitrogens with one attached hydrogen (secondary N) is 2. The molecule has 0 spiro atoms. The van der Waals surface area contributed by atoms with Crippen molar-refractivity contribution in [3.63, 3.8) is 0 Å². The van der Waals surface area contributed by atoms with Gasteiger partial charge in [0, 0.05) is 5.69 Å². The number of hydrogen-bond acceptors (Lipinski definition) is 5. The monoisotopic (exact) mass is 516 g/mol. The molecule has 11 heteroatoms. The first-order valence-electron chi connectivity index (χ1n) is 10.3. The molecule has 0 bridgehead atoms. The molecule has 0 saturated heterocycles. The van der Waals surface area contributed by atoms with E-state index in [0.717, 1.165) is 0 Å². The summed E-state index contributed by atoms with van der Waals surface area (Å²) in [4.78, 5) is 29.4. The van der Waals surface area contributed by atoms with Crippen LogP contribution in [0.4, 0.5) is 10.2 Å². The number of rotatable bonds is 5. The first-order valence-corrected chi connectivity index (χ1v) is 11.4. The van der Waals surface area contributed by atoms with Crippen LogP contribution in [0, 0.1) is 5.82 Å². The SMILES string of the molecule is CCC(Nc1ncnc2nc[nH]c12)c1cc2ccc(F)c(Cl)c2c(=O)n1-c1c(Cl)cccc1Cl. The molecule has 2 aromatic carbocycles. The van der Waals surface area contributed by atoms with Gasteiger partial charge in [0.05, 0.1) is 38.5 Å². The molecule has 0 radical (unpaired) electrons. The Kier molecular flexibility index (Phi) is 5.89. The summed E-state index contributed by atoms with van der Waals surface area (Å²) >= 11 is 19.2. The fourth-order valence-electron chi connectivity index (χ4n) is 3.97. The van der Waals surface area contributed by atoms with Crippen LogP contribution in [0.25, 0.3) is 27.6 Å². The van der Waals surface area contributed by atoms with E-state index in [1.165, 1.54) is 29.4 Å². The highest BCUT2D eigenvalue weighted by atomic mass is 35.5. The number of aromatic nitrogens is 5. The number of aromatic amines is 1. The summed E-state index contributed by atoms with van der Waals surface area (Å²) < 4.78 is 15.7. The second-order valence-corrected chi connectivity index (χ2v) is 8.73. The van der Waals surface area contributed by atoms with E-state index in [1.807, 2.05) is 6.92 Å². The second-order valence-electron chi connectivity index (χ2n) is 7.53. The van der Waals surface area contributed by atoms with Crippen LogP contribution in [-0.4, -0.2) is 24.5 Å². The minimum atomic E-state index is -0.691. The van der Waals surface area contributed by atoms with Crippen LogP contribution in [0.15, 0.2) is 53.8 Å². The number of benzene rings is 2. The molecule has 2 N–H and O–H groups in total. The van der Waals surface area contributed by atoms with E-state index in [1.54, 1.807) is 24.3 Å². The Balaban J connectivity index is 1.81. The molecule has 0 saturated carbocycles. The van der Waals surface area contributed by atoms with Gasteiger partial charge in [0.25, 0.3) is 5.56 Å². The maximum absolute atomic E-state index is 14.3. The highest BCUT2D eigenvalue weighted by Crippen LogP contribution is 2.34. The summed E-state index contributed by atoms with van der Waals surface area (Å²) in [5.74, 6) is -0.181. The zero-order valence-electron chi connectivity index (χ0n) is 17.6. The minimum Gasteiger partial charge on any atom is -0.360 e. The number of imidazole rings is 1. The van der Waals surface area contributed by atoms with Gasteiger partial charge in [-0.3, -0.25) is 9.36 Å². The van der Waals surface area contributed by atoms with Gasteiger partial charge in [-0.05, 0) is 36.1 Å². The maximum Gasteiger partial charge on any atom is 0.264 e. The molecule has 0 aliphatic carbocycles. The molecule has 3 heterocycles. The largest absolute Gasteiger partial charge is 0.360 e. The van der Waals surface area contributed by atoms with E-state index in [2.05, 4.69) is 25.3 Å². The van der Waals surface area contributed by atoms with Crippen LogP contribution in [0.3, 0.4) is 0 Å². The van der Waals surface area contributed by atoms with E-state index in [-0.39, 0.29) is 26.1 Å². The zero-order chi connectivity index (χ0) is 24.0. The lowest BCUT2D eigenvalue weighted by Gasteiger charge is -2.24. The molecule has 34 heavy (non-hydrogen) atoms. The number of nitrogens with zero attached hydrogens (tertiary/aromatic N) is 4. The Morgan fingerprint density at radius 1 is 1.12 bits per heavy atom. The third-order valence-electron chi connectivity index (χ3n) is 5.57. The van der Waals surface area contributed by atoms with Gasteiger partial charge in [-0.15, -0.1) is 0 Å². The van der Waals surface area contributed by atoms with Crippen molar-refractivity contribution in [3.8, 4) is 5.69 Å². The number of fused-ring (bicyclic) bond motifs is 2. The maximum atomic E-state index is 14.3. The summed E-state index contributed by atoms with van der Waals surface area (Å²) in [5.41, 5.74) is 1.41. The molecular weight excluding hydrogens is 502 g/mol. The predicted octanol–water partition coefficient (Wildman–Crippen LogP) is 6.32. The number of halogens is 4. The van der Waals surface area contributed by atoms with Gasteiger partial charge in [-0.1, -0.05) is 53.9 Å². The van der Waals surface area contributed by atoms with Crippen molar-refractivity contribution in [2.24, 2.45) is 0 Å². The first kappa shape index (κ1) is 22.6. The third-order valence-corrected chi connectivity index (χ3v) is 6.55. The lowest BCUT2D eigenvalue weighted by Crippen LogP contribution is -2.27. The van der Waals surface area contributed by atoms with E-state index in [4.69, 9.17) is 34.8 Å². The predicted molar refractivity (Wildman–Crippen MR) is 133 cm³/mol. The Hall–Kier alpha value is -3.20. The highest BCUT2D eigenvalue weighted by molar-refractivity contribution is 6.38. The van der Waals surface area contributed by atoms with Crippen molar-refractivity contribution >= 4 is 62.6 Å². The molecule has 0 aliphatic rings. The molecule has 5 rings (SSSR count). The van der Waals surface area contributed by atoms with Crippen molar-refractivity contribution in [2.45, 2.75) is 19.4 Å². The van der Waals surface area contributed by atoms with Crippen LogP contribution in [0.1, 0.15) is 25.1 Å². The van der Waals surface area contributed by atoms with Gasteiger partial charge in [0.15, 0.2) is 11.5 Å². The van der Waals surface area contributed by atoms with Gasteiger partial charge in [0.2, 0.25) is 0 Å². The van der Waals surface area contributed by atoms with Gasteiger partial charge >= 0.3 is 0 Å². The summed E-state index contributed by atoms with van der Waals surface area (Å²) in [7, 11) is 0. The van der Waals surface area contributed by atoms with E-state index >= 15 is 0 Å². The molecule has 5 aromatic rings. The number of para-hydroxylation sites is 1. The molecular formula is C23H16Cl3FN6O. The van der Waals surface area contributed by atoms with Gasteiger partial charge in [0.1, 0.15) is 17.7 Å². The summed E-state index contributed by atoms with van der Waals surface area (Å²) in [6, 6.07) is 9.03. The number of anilines is 1. The van der Waals surface area contributed by atoms with Crippen LogP contribution in [0.5, 0.6) is 0 Å². The van der Waals surface area contributed by atoms with Crippen molar-refractivity contribution in [3.05, 3.63) is 86.0 Å². The molecule has 3 aromatic heterocycles. The molecule has 7 nitrogen and oxygen atoms in total. The van der Waals surface area contributed by atoms with Crippen LogP contribution < -0.4 is 10.9 Å². The van der Waals surface area contributed by atoms with Crippen molar-refractivity contribution < 1.29 is 4.39 Å². The first-order chi connectivity index (χ1) is 16.4. The number of H-pyrrole nitrogens is 1. The quantitative estimate of drug-likeness (QED) is 0.285. The fraction of sp³-hybridized carbons (Fsp3) is 0.130. The second kappa shape index (κ2) is 8.87. The summed E-state index contributed by atoms with van der Waals surface area (Å²) in [5, 5.41) is 4.15. The Bertz CT molecular complexity index is 1600. The van der Waals surface area contributed by atoms with Gasteiger partial charge in [-0.2, -0.15) is 0 Å². The van der Waals surface area contributed by atoms with E-state index < -0.39 is 17.4 Å². The fourth-order valence-corrected chi connectivity index (χ4v) is 4.79. The molecule has 1 atom stereocenters. The van der Waals surface area contributed by atoms with Crippen LogP contribution >= 0.6 is 34.8 Å². The molecule has 1 unspecified atom stereocenters. The Labute approximate surface area is 207 Å². The standard InChI is InChI=1S/C23H16Cl3FN6O/c1-2-15(32-22-19-21(29-9-28-19)30-10-31-22)16-8-11-6-7-14(27)18(26)17(11)23(34)33(16)20-12(24)4-3-5-13(20)25/h3-10,15H,2H2,1H3,(H2,28,29,30,31,32). The lowest BCUT2D eigenvalue weighted by molar-refractivity contribution is 0.629. The van der Waals surface area contributed by atoms with Gasteiger partial charge in [-0.25, -0.2) is 19.3 Å². The van der Waals surface area contributed by atoms with E-state index in [0.29, 0.717) is 34.5 Å². The average molecular weight is 518 g/mol. The number of pyridine rings is 1. The third kappa shape index (κ3) is 3.68. The Morgan fingerprint density at radius 3 is 2.62 bits per heavy atom. The van der Waals surface area contributed by atoms with Gasteiger partial charge < -0.3 is 10.3 Å².